The molecule has 1 aliphatic rings. The van der Waals surface area contributed by atoms with E-state index in [4.69, 9.17) is 0 Å². The molecule has 0 bridgehead atoms. The number of hydrogen-bond donors (Lipinski definition) is 1. The summed E-state index contributed by atoms with van der Waals surface area (Å²) >= 11 is 0. The average molecular weight is 279 g/mol. The van der Waals surface area contributed by atoms with E-state index in [-0.39, 0.29) is 0 Å². The number of rotatable bonds is 5. The summed E-state index contributed by atoms with van der Waals surface area (Å²) in [6, 6.07) is 15.9. The number of aryl methyl sites for hydroxylation is 1. The van der Waals surface area contributed by atoms with Crippen LogP contribution in [0.5, 0.6) is 0 Å². The fourth-order valence-corrected chi connectivity index (χ4v) is 3.22. The predicted molar refractivity (Wildman–Crippen MR) is 90.6 cm³/mol. The van der Waals surface area contributed by atoms with E-state index >= 15 is 0 Å². The van der Waals surface area contributed by atoms with Gasteiger partial charge in [0.25, 0.3) is 0 Å². The molecule has 0 amide bonds. The lowest BCUT2D eigenvalue weighted by atomic mass is 9.77. The fourth-order valence-electron chi connectivity index (χ4n) is 3.22. The van der Waals surface area contributed by atoms with E-state index in [1.807, 2.05) is 0 Å². The Hall–Kier alpha value is -1.60. The number of benzene rings is 2. The molecule has 0 aromatic heterocycles. The van der Waals surface area contributed by atoms with Crippen LogP contribution in [0.15, 0.2) is 42.5 Å². The van der Waals surface area contributed by atoms with E-state index in [1.54, 1.807) is 5.56 Å². The zero-order valence-electron chi connectivity index (χ0n) is 13.2. The molecule has 3 rings (SSSR count). The fraction of sp³-hybridized carbons (Fsp3) is 0.400. The zero-order valence-corrected chi connectivity index (χ0v) is 13.2. The summed E-state index contributed by atoms with van der Waals surface area (Å²) < 4.78 is 0. The van der Waals surface area contributed by atoms with E-state index in [0.717, 1.165) is 19.0 Å². The van der Waals surface area contributed by atoms with Crippen molar-refractivity contribution in [3.8, 4) is 11.1 Å². The topological polar surface area (TPSA) is 12.0 Å². The smallest absolute Gasteiger partial charge is 0.0205 e. The van der Waals surface area contributed by atoms with Crippen LogP contribution in [-0.2, 0) is 6.54 Å². The van der Waals surface area contributed by atoms with Crippen LogP contribution < -0.4 is 5.32 Å². The molecule has 110 valence electrons. The molecule has 21 heavy (non-hydrogen) atoms. The van der Waals surface area contributed by atoms with Crippen LogP contribution in [0.1, 0.15) is 48.8 Å². The average Bonchev–Trinajstić information content (AvgIpc) is 2.44. The van der Waals surface area contributed by atoms with Crippen molar-refractivity contribution in [2.24, 2.45) is 0 Å². The van der Waals surface area contributed by atoms with Crippen LogP contribution in [0.25, 0.3) is 11.1 Å². The van der Waals surface area contributed by atoms with Crippen molar-refractivity contribution in [3.05, 3.63) is 59.2 Å². The lowest BCUT2D eigenvalue weighted by molar-refractivity contribution is 0.420. The Balaban J connectivity index is 1.93. The van der Waals surface area contributed by atoms with Crippen molar-refractivity contribution in [2.45, 2.75) is 45.6 Å². The molecule has 2 aromatic rings. The van der Waals surface area contributed by atoms with E-state index in [0.29, 0.717) is 0 Å². The third kappa shape index (κ3) is 3.03. The van der Waals surface area contributed by atoms with Crippen molar-refractivity contribution in [2.75, 3.05) is 6.54 Å². The van der Waals surface area contributed by atoms with Gasteiger partial charge in [-0.2, -0.15) is 0 Å². The van der Waals surface area contributed by atoms with Crippen LogP contribution in [0.3, 0.4) is 0 Å². The van der Waals surface area contributed by atoms with E-state index < -0.39 is 0 Å². The molecule has 0 saturated heterocycles. The van der Waals surface area contributed by atoms with Gasteiger partial charge < -0.3 is 5.32 Å². The molecular weight excluding hydrogens is 254 g/mol. The van der Waals surface area contributed by atoms with Gasteiger partial charge in [-0.15, -0.1) is 0 Å². The van der Waals surface area contributed by atoms with Crippen LogP contribution in [0, 0.1) is 6.92 Å². The second-order valence-electron chi connectivity index (χ2n) is 6.14. The predicted octanol–water partition coefficient (Wildman–Crippen LogP) is 5.04. The van der Waals surface area contributed by atoms with Gasteiger partial charge in [0.2, 0.25) is 0 Å². The van der Waals surface area contributed by atoms with Crippen molar-refractivity contribution in [1.29, 1.82) is 0 Å². The molecule has 1 aliphatic carbocycles. The summed E-state index contributed by atoms with van der Waals surface area (Å²) in [5.41, 5.74) is 7.15. The van der Waals surface area contributed by atoms with Crippen LogP contribution in [-0.4, -0.2) is 6.54 Å². The molecule has 1 fully saturated rings. The minimum absolute atomic E-state index is 0.780. The molecular formula is C20H25N. The molecule has 0 heterocycles. The van der Waals surface area contributed by atoms with E-state index in [2.05, 4.69) is 61.6 Å². The molecule has 0 unspecified atom stereocenters. The Kier molecular flexibility index (Phi) is 4.40. The molecule has 1 N–H and O–H groups in total. The number of hydrogen-bond acceptors (Lipinski definition) is 1. The van der Waals surface area contributed by atoms with Crippen LogP contribution in [0.4, 0.5) is 0 Å². The maximum absolute atomic E-state index is 3.40. The molecule has 2 aromatic carbocycles. The van der Waals surface area contributed by atoms with Crippen molar-refractivity contribution >= 4 is 0 Å². The highest BCUT2D eigenvalue weighted by atomic mass is 14.8. The molecule has 1 heteroatoms. The maximum atomic E-state index is 3.40. The Labute approximate surface area is 128 Å². The largest absolute Gasteiger partial charge is 0.313 e. The summed E-state index contributed by atoms with van der Waals surface area (Å²) in [6.45, 7) is 6.37. The second-order valence-corrected chi connectivity index (χ2v) is 6.14. The van der Waals surface area contributed by atoms with Gasteiger partial charge in [0.05, 0.1) is 0 Å². The minimum Gasteiger partial charge on any atom is -0.313 e. The van der Waals surface area contributed by atoms with Crippen molar-refractivity contribution in [3.63, 3.8) is 0 Å². The first-order valence-electron chi connectivity index (χ1n) is 8.19. The lowest BCUT2D eigenvalue weighted by Gasteiger charge is -2.28. The Bertz CT molecular complexity index is 611. The van der Waals surface area contributed by atoms with E-state index in [9.17, 15) is 0 Å². The molecule has 0 aliphatic heterocycles. The van der Waals surface area contributed by atoms with Gasteiger partial charge >= 0.3 is 0 Å². The quantitative estimate of drug-likeness (QED) is 0.808. The maximum Gasteiger partial charge on any atom is 0.0205 e. The lowest BCUT2D eigenvalue weighted by Crippen LogP contribution is -2.12. The molecule has 0 atom stereocenters. The highest BCUT2D eigenvalue weighted by Gasteiger charge is 2.22. The van der Waals surface area contributed by atoms with Gasteiger partial charge in [-0.1, -0.05) is 55.8 Å². The first-order valence-corrected chi connectivity index (χ1v) is 8.19. The first kappa shape index (κ1) is 14.3. The molecule has 0 radical (unpaired) electrons. The summed E-state index contributed by atoms with van der Waals surface area (Å²) in [5.74, 6) is 0.780. The van der Waals surface area contributed by atoms with Gasteiger partial charge in [-0.25, -0.2) is 0 Å². The van der Waals surface area contributed by atoms with Crippen molar-refractivity contribution < 1.29 is 0 Å². The zero-order chi connectivity index (χ0) is 14.7. The Morgan fingerprint density at radius 1 is 1.05 bits per heavy atom. The summed E-state index contributed by atoms with van der Waals surface area (Å²) in [6.07, 6.45) is 4.10. The van der Waals surface area contributed by atoms with E-state index in [1.165, 1.54) is 41.5 Å². The summed E-state index contributed by atoms with van der Waals surface area (Å²) in [7, 11) is 0. The van der Waals surface area contributed by atoms with Gasteiger partial charge in [0.15, 0.2) is 0 Å². The van der Waals surface area contributed by atoms with Gasteiger partial charge in [0, 0.05) is 6.54 Å². The highest BCUT2D eigenvalue weighted by molar-refractivity contribution is 5.71. The Morgan fingerprint density at radius 3 is 2.52 bits per heavy atom. The SMILES string of the molecule is CCNCc1ccc(-c2ccccc2C2CCC2)c(C)c1. The summed E-state index contributed by atoms with van der Waals surface area (Å²) in [5, 5.41) is 3.40. The monoisotopic (exact) mass is 279 g/mol. The molecule has 1 nitrogen and oxygen atoms in total. The molecule has 1 saturated carbocycles. The van der Waals surface area contributed by atoms with Crippen molar-refractivity contribution in [1.82, 2.24) is 5.32 Å². The molecule has 0 spiro atoms. The third-order valence-corrected chi connectivity index (χ3v) is 4.67. The van der Waals surface area contributed by atoms with Gasteiger partial charge in [-0.3, -0.25) is 0 Å². The van der Waals surface area contributed by atoms with Gasteiger partial charge in [-0.05, 0) is 60.0 Å². The van der Waals surface area contributed by atoms with Crippen LogP contribution in [0.2, 0.25) is 0 Å². The Morgan fingerprint density at radius 2 is 1.86 bits per heavy atom. The first-order chi connectivity index (χ1) is 10.3. The second kappa shape index (κ2) is 6.44. The number of nitrogens with one attached hydrogen (secondary N) is 1. The van der Waals surface area contributed by atoms with Gasteiger partial charge in [0.1, 0.15) is 0 Å². The normalized spacial score (nSPS) is 15.0. The summed E-state index contributed by atoms with van der Waals surface area (Å²) in [4.78, 5) is 0. The van der Waals surface area contributed by atoms with Crippen LogP contribution >= 0.6 is 0 Å². The highest BCUT2D eigenvalue weighted by Crippen LogP contribution is 2.41. The third-order valence-electron chi connectivity index (χ3n) is 4.67. The standard InChI is InChI=1S/C20H25N/c1-3-21-14-16-11-12-18(15(2)13-16)20-10-5-4-9-19(20)17-7-6-8-17/h4-5,9-13,17,21H,3,6-8,14H2,1-2H3. The minimum atomic E-state index is 0.780.